The average Bonchev–Trinajstić information content (AvgIpc) is 2.82. The SMILES string of the molecule is CCc1ccc(C(=O)Nc2cc(F)ccc2N)s1. The van der Waals surface area contributed by atoms with E-state index in [9.17, 15) is 9.18 Å². The van der Waals surface area contributed by atoms with E-state index >= 15 is 0 Å². The fourth-order valence-electron chi connectivity index (χ4n) is 1.51. The van der Waals surface area contributed by atoms with E-state index < -0.39 is 5.82 Å². The van der Waals surface area contributed by atoms with E-state index in [1.807, 2.05) is 13.0 Å². The summed E-state index contributed by atoms with van der Waals surface area (Å²) < 4.78 is 13.1. The molecular formula is C13H13FN2OS. The summed E-state index contributed by atoms with van der Waals surface area (Å²) in [6, 6.07) is 7.56. The number of amides is 1. The van der Waals surface area contributed by atoms with Gasteiger partial charge in [0.25, 0.3) is 5.91 Å². The second-order valence-electron chi connectivity index (χ2n) is 3.81. The Morgan fingerprint density at radius 3 is 2.83 bits per heavy atom. The highest BCUT2D eigenvalue weighted by atomic mass is 32.1. The van der Waals surface area contributed by atoms with Crippen LogP contribution >= 0.6 is 11.3 Å². The van der Waals surface area contributed by atoms with Crippen molar-refractivity contribution >= 4 is 28.6 Å². The molecule has 0 spiro atoms. The van der Waals surface area contributed by atoms with Gasteiger partial charge < -0.3 is 11.1 Å². The summed E-state index contributed by atoms with van der Waals surface area (Å²) in [4.78, 5) is 13.7. The molecule has 1 aromatic heterocycles. The molecule has 0 aliphatic carbocycles. The number of thiophene rings is 1. The number of carbonyl (C=O) groups excluding carboxylic acids is 1. The van der Waals surface area contributed by atoms with Gasteiger partial charge in [-0.15, -0.1) is 11.3 Å². The van der Waals surface area contributed by atoms with Crippen molar-refractivity contribution in [2.24, 2.45) is 0 Å². The van der Waals surface area contributed by atoms with E-state index in [0.29, 0.717) is 16.3 Å². The van der Waals surface area contributed by atoms with E-state index in [-0.39, 0.29) is 5.91 Å². The van der Waals surface area contributed by atoms with Gasteiger partial charge in [-0.05, 0) is 36.8 Å². The largest absolute Gasteiger partial charge is 0.397 e. The maximum atomic E-state index is 13.1. The fraction of sp³-hybridized carbons (Fsp3) is 0.154. The normalized spacial score (nSPS) is 10.3. The zero-order valence-corrected chi connectivity index (χ0v) is 10.7. The third-order valence-electron chi connectivity index (χ3n) is 2.50. The zero-order chi connectivity index (χ0) is 13.1. The average molecular weight is 264 g/mol. The molecule has 0 radical (unpaired) electrons. The Hall–Kier alpha value is -1.88. The smallest absolute Gasteiger partial charge is 0.265 e. The van der Waals surface area contributed by atoms with Crippen molar-refractivity contribution in [3.8, 4) is 0 Å². The number of nitrogens with one attached hydrogen (secondary N) is 1. The number of aryl methyl sites for hydroxylation is 1. The monoisotopic (exact) mass is 264 g/mol. The number of nitrogen functional groups attached to an aromatic ring is 1. The maximum Gasteiger partial charge on any atom is 0.265 e. The summed E-state index contributed by atoms with van der Waals surface area (Å²) in [5.74, 6) is -0.697. The second kappa shape index (κ2) is 5.18. The van der Waals surface area contributed by atoms with Crippen LogP contribution in [0.1, 0.15) is 21.5 Å². The molecule has 5 heteroatoms. The van der Waals surface area contributed by atoms with Crippen molar-refractivity contribution < 1.29 is 9.18 Å². The summed E-state index contributed by atoms with van der Waals surface area (Å²) in [6.45, 7) is 2.03. The van der Waals surface area contributed by atoms with E-state index in [1.165, 1.54) is 29.5 Å². The lowest BCUT2D eigenvalue weighted by molar-refractivity contribution is 0.103. The molecule has 0 aliphatic rings. The van der Waals surface area contributed by atoms with Gasteiger partial charge in [0, 0.05) is 4.88 Å². The molecule has 0 bridgehead atoms. The lowest BCUT2D eigenvalue weighted by Gasteiger charge is -2.06. The quantitative estimate of drug-likeness (QED) is 0.836. The van der Waals surface area contributed by atoms with E-state index in [1.54, 1.807) is 6.07 Å². The molecule has 0 fully saturated rings. The number of halogens is 1. The molecule has 0 atom stereocenters. The lowest BCUT2D eigenvalue weighted by Crippen LogP contribution is -2.11. The molecule has 0 saturated carbocycles. The third kappa shape index (κ3) is 2.68. The highest BCUT2D eigenvalue weighted by Crippen LogP contribution is 2.22. The van der Waals surface area contributed by atoms with Gasteiger partial charge in [-0.2, -0.15) is 0 Å². The van der Waals surface area contributed by atoms with Crippen LogP contribution in [0.5, 0.6) is 0 Å². The topological polar surface area (TPSA) is 55.1 Å². The van der Waals surface area contributed by atoms with Crippen LogP contribution in [0.3, 0.4) is 0 Å². The molecule has 2 rings (SSSR count). The van der Waals surface area contributed by atoms with E-state index in [0.717, 1.165) is 11.3 Å². The Bertz CT molecular complexity index is 580. The minimum Gasteiger partial charge on any atom is -0.397 e. The van der Waals surface area contributed by atoms with E-state index in [2.05, 4.69) is 5.32 Å². The first-order valence-electron chi connectivity index (χ1n) is 5.55. The predicted octanol–water partition coefficient (Wildman–Crippen LogP) is 3.28. The predicted molar refractivity (Wildman–Crippen MR) is 72.5 cm³/mol. The van der Waals surface area contributed by atoms with Crippen molar-refractivity contribution in [1.29, 1.82) is 0 Å². The summed E-state index contributed by atoms with van der Waals surface area (Å²) in [5, 5.41) is 2.61. The highest BCUT2D eigenvalue weighted by Gasteiger charge is 2.11. The molecule has 0 saturated heterocycles. The Morgan fingerprint density at radius 2 is 2.17 bits per heavy atom. The number of anilines is 2. The van der Waals surface area contributed by atoms with Crippen molar-refractivity contribution in [2.75, 3.05) is 11.1 Å². The number of carbonyl (C=O) groups is 1. The maximum absolute atomic E-state index is 13.1. The Labute approximate surface area is 108 Å². The first-order valence-corrected chi connectivity index (χ1v) is 6.37. The van der Waals surface area contributed by atoms with Gasteiger partial charge in [-0.1, -0.05) is 6.92 Å². The molecule has 0 aliphatic heterocycles. The van der Waals surface area contributed by atoms with Gasteiger partial charge in [-0.25, -0.2) is 4.39 Å². The number of hydrogen-bond donors (Lipinski definition) is 2. The minimum absolute atomic E-state index is 0.267. The summed E-state index contributed by atoms with van der Waals surface area (Å²) in [5.41, 5.74) is 6.31. The summed E-state index contributed by atoms with van der Waals surface area (Å²) in [6.07, 6.45) is 0.889. The van der Waals surface area contributed by atoms with Crippen LogP contribution in [0.2, 0.25) is 0 Å². The first kappa shape index (κ1) is 12.6. The number of benzene rings is 1. The van der Waals surface area contributed by atoms with Crippen molar-refractivity contribution in [3.05, 3.63) is 45.9 Å². The van der Waals surface area contributed by atoms with Crippen molar-refractivity contribution in [3.63, 3.8) is 0 Å². The standard InChI is InChI=1S/C13H13FN2OS/c1-2-9-4-6-12(18-9)13(17)16-11-7-8(14)3-5-10(11)15/h3-7H,2,15H2,1H3,(H,16,17). The molecule has 94 valence electrons. The van der Waals surface area contributed by atoms with Crippen LogP contribution in [0.25, 0.3) is 0 Å². The third-order valence-corrected chi connectivity index (χ3v) is 3.73. The number of rotatable bonds is 3. The van der Waals surface area contributed by atoms with Crippen LogP contribution in [-0.4, -0.2) is 5.91 Å². The molecule has 0 unspecified atom stereocenters. The second-order valence-corrected chi connectivity index (χ2v) is 4.97. The molecule has 3 N–H and O–H groups in total. The lowest BCUT2D eigenvalue weighted by atomic mass is 10.2. The van der Waals surface area contributed by atoms with Gasteiger partial charge in [-0.3, -0.25) is 4.79 Å². The fourth-order valence-corrected chi connectivity index (χ4v) is 2.35. The van der Waals surface area contributed by atoms with Gasteiger partial charge in [0.15, 0.2) is 0 Å². The van der Waals surface area contributed by atoms with Crippen LogP contribution in [0, 0.1) is 5.82 Å². The number of nitrogens with two attached hydrogens (primary N) is 1. The van der Waals surface area contributed by atoms with Crippen molar-refractivity contribution in [2.45, 2.75) is 13.3 Å². The van der Waals surface area contributed by atoms with E-state index in [4.69, 9.17) is 5.73 Å². The van der Waals surface area contributed by atoms with Crippen molar-refractivity contribution in [1.82, 2.24) is 0 Å². The Morgan fingerprint density at radius 1 is 1.39 bits per heavy atom. The molecule has 18 heavy (non-hydrogen) atoms. The van der Waals surface area contributed by atoms with Crippen LogP contribution in [-0.2, 0) is 6.42 Å². The summed E-state index contributed by atoms with van der Waals surface area (Å²) >= 11 is 1.42. The van der Waals surface area contributed by atoms with Crippen LogP contribution in [0.15, 0.2) is 30.3 Å². The Balaban J connectivity index is 2.18. The molecule has 3 nitrogen and oxygen atoms in total. The minimum atomic E-state index is -0.431. The highest BCUT2D eigenvalue weighted by molar-refractivity contribution is 7.14. The van der Waals surface area contributed by atoms with Gasteiger partial charge in [0.05, 0.1) is 16.3 Å². The molecule has 1 heterocycles. The molecule has 1 aromatic carbocycles. The van der Waals surface area contributed by atoms with Gasteiger partial charge in [0.2, 0.25) is 0 Å². The number of hydrogen-bond acceptors (Lipinski definition) is 3. The van der Waals surface area contributed by atoms with Gasteiger partial charge >= 0.3 is 0 Å². The summed E-state index contributed by atoms with van der Waals surface area (Å²) in [7, 11) is 0. The zero-order valence-electron chi connectivity index (χ0n) is 9.87. The van der Waals surface area contributed by atoms with Crippen LogP contribution < -0.4 is 11.1 Å². The molecule has 2 aromatic rings. The molecule has 1 amide bonds. The van der Waals surface area contributed by atoms with Crippen LogP contribution in [0.4, 0.5) is 15.8 Å². The first-order chi connectivity index (χ1) is 8.60. The Kier molecular flexibility index (Phi) is 3.62. The molecular weight excluding hydrogens is 251 g/mol. The van der Waals surface area contributed by atoms with Gasteiger partial charge in [0.1, 0.15) is 5.82 Å².